The fourth-order valence-electron chi connectivity index (χ4n) is 3.64. The summed E-state index contributed by atoms with van der Waals surface area (Å²) in [6.45, 7) is 2.31. The molecule has 4 rings (SSSR count). The van der Waals surface area contributed by atoms with E-state index in [1.165, 1.54) is 0 Å². The van der Waals surface area contributed by atoms with Crippen LogP contribution in [0.15, 0.2) is 48.5 Å². The van der Waals surface area contributed by atoms with Crippen LogP contribution in [0.2, 0.25) is 0 Å². The number of nitrogens with zero attached hydrogens (tertiary/aromatic N) is 2. The fraction of sp³-hybridized carbons (Fsp3) is 0.364. The lowest BCUT2D eigenvalue weighted by Gasteiger charge is -2.37. The summed E-state index contributed by atoms with van der Waals surface area (Å²) in [6.07, 6.45) is -0.512. The molecule has 29 heavy (non-hydrogen) atoms. The molecule has 2 aliphatic rings. The summed E-state index contributed by atoms with van der Waals surface area (Å²) in [5, 5.41) is 0. The number of ether oxygens (including phenoxy) is 3. The van der Waals surface area contributed by atoms with Gasteiger partial charge in [0, 0.05) is 13.1 Å². The molecule has 0 radical (unpaired) electrons. The van der Waals surface area contributed by atoms with Gasteiger partial charge in [0.1, 0.15) is 11.5 Å². The van der Waals surface area contributed by atoms with E-state index < -0.39 is 6.10 Å². The van der Waals surface area contributed by atoms with Crippen LogP contribution in [0.5, 0.6) is 11.5 Å². The largest absolute Gasteiger partial charge is 0.497 e. The smallest absolute Gasteiger partial charge is 0.265 e. The molecule has 2 aromatic rings. The van der Waals surface area contributed by atoms with Crippen molar-refractivity contribution in [3.63, 3.8) is 0 Å². The van der Waals surface area contributed by atoms with Crippen LogP contribution in [0.4, 0.5) is 5.69 Å². The molecule has 1 saturated heterocycles. The second kappa shape index (κ2) is 8.53. The average molecular weight is 396 g/mol. The highest BCUT2D eigenvalue weighted by Crippen LogP contribution is 2.34. The zero-order valence-corrected chi connectivity index (χ0v) is 16.4. The van der Waals surface area contributed by atoms with Crippen molar-refractivity contribution in [3.8, 4) is 11.5 Å². The van der Waals surface area contributed by atoms with Crippen molar-refractivity contribution >= 4 is 17.5 Å². The van der Waals surface area contributed by atoms with Crippen LogP contribution in [0.25, 0.3) is 0 Å². The van der Waals surface area contributed by atoms with E-state index >= 15 is 0 Å². The van der Waals surface area contributed by atoms with Crippen LogP contribution in [-0.4, -0.2) is 62.8 Å². The van der Waals surface area contributed by atoms with Crippen LogP contribution in [0, 0.1) is 0 Å². The number of morpholine rings is 1. The Hall–Kier alpha value is -3.06. The topological polar surface area (TPSA) is 68.3 Å². The number of carbonyl (C=O) groups is 2. The van der Waals surface area contributed by atoms with Gasteiger partial charge in [-0.25, -0.2) is 0 Å². The number of fused-ring (bicyclic) bond motifs is 1. The van der Waals surface area contributed by atoms with Gasteiger partial charge in [0.2, 0.25) is 5.91 Å². The van der Waals surface area contributed by atoms with Crippen molar-refractivity contribution in [1.29, 1.82) is 0 Å². The van der Waals surface area contributed by atoms with Gasteiger partial charge in [0.25, 0.3) is 5.91 Å². The molecule has 0 bridgehead atoms. The standard InChI is InChI=1S/C22H24N2O5/c1-27-17-6-4-5-16(13-17)14-21(25)24-15-20(22(26)23-9-11-28-12-10-23)29-19-8-3-2-7-18(19)24/h2-8,13,20H,9-12,14-15H2,1H3. The first kappa shape index (κ1) is 19.3. The summed E-state index contributed by atoms with van der Waals surface area (Å²) in [7, 11) is 1.60. The van der Waals surface area contributed by atoms with E-state index in [4.69, 9.17) is 14.2 Å². The Bertz CT molecular complexity index is 894. The van der Waals surface area contributed by atoms with Crippen molar-refractivity contribution in [2.75, 3.05) is 44.9 Å². The number of hydrogen-bond donors (Lipinski definition) is 0. The molecule has 7 nitrogen and oxygen atoms in total. The minimum atomic E-state index is -0.725. The molecule has 2 aromatic carbocycles. The molecular formula is C22H24N2O5. The Morgan fingerprint density at radius 2 is 1.90 bits per heavy atom. The lowest BCUT2D eigenvalue weighted by Crippen LogP contribution is -2.54. The number of para-hydroxylation sites is 2. The number of amides is 2. The highest BCUT2D eigenvalue weighted by atomic mass is 16.5. The number of anilines is 1. The van der Waals surface area contributed by atoms with Crippen molar-refractivity contribution in [3.05, 3.63) is 54.1 Å². The molecule has 0 saturated carbocycles. The monoisotopic (exact) mass is 396 g/mol. The first-order valence-corrected chi connectivity index (χ1v) is 9.71. The first-order valence-electron chi connectivity index (χ1n) is 9.71. The van der Waals surface area contributed by atoms with Gasteiger partial charge in [0.15, 0.2) is 6.10 Å². The van der Waals surface area contributed by atoms with Gasteiger partial charge < -0.3 is 24.0 Å². The third-order valence-corrected chi connectivity index (χ3v) is 5.16. The third kappa shape index (κ3) is 4.19. The van der Waals surface area contributed by atoms with E-state index in [2.05, 4.69) is 0 Å². The minimum absolute atomic E-state index is 0.0891. The number of carbonyl (C=O) groups excluding carboxylic acids is 2. The molecule has 0 spiro atoms. The van der Waals surface area contributed by atoms with Gasteiger partial charge in [-0.1, -0.05) is 24.3 Å². The van der Waals surface area contributed by atoms with Crippen molar-refractivity contribution in [2.24, 2.45) is 0 Å². The van der Waals surface area contributed by atoms with Crippen LogP contribution in [0.3, 0.4) is 0 Å². The third-order valence-electron chi connectivity index (χ3n) is 5.16. The number of rotatable bonds is 4. The van der Waals surface area contributed by atoms with E-state index in [-0.39, 0.29) is 24.8 Å². The highest BCUT2D eigenvalue weighted by molar-refractivity contribution is 5.98. The summed E-state index contributed by atoms with van der Waals surface area (Å²) < 4.78 is 16.5. The molecule has 7 heteroatoms. The zero-order chi connectivity index (χ0) is 20.2. The van der Waals surface area contributed by atoms with Gasteiger partial charge in [-0.15, -0.1) is 0 Å². The molecule has 2 aliphatic heterocycles. The molecule has 1 fully saturated rings. The molecule has 1 unspecified atom stereocenters. The zero-order valence-electron chi connectivity index (χ0n) is 16.4. The summed E-state index contributed by atoms with van der Waals surface area (Å²) >= 11 is 0. The van der Waals surface area contributed by atoms with E-state index in [9.17, 15) is 9.59 Å². The summed E-state index contributed by atoms with van der Waals surface area (Å²) in [4.78, 5) is 29.5. The van der Waals surface area contributed by atoms with Gasteiger partial charge in [-0.05, 0) is 29.8 Å². The number of hydrogen-bond acceptors (Lipinski definition) is 5. The van der Waals surface area contributed by atoms with E-state index in [1.54, 1.807) is 23.0 Å². The molecule has 152 valence electrons. The fourth-order valence-corrected chi connectivity index (χ4v) is 3.64. The van der Waals surface area contributed by atoms with Gasteiger partial charge in [-0.3, -0.25) is 9.59 Å². The summed E-state index contributed by atoms with van der Waals surface area (Å²) in [5.74, 6) is 1.05. The molecule has 1 atom stereocenters. The Morgan fingerprint density at radius 3 is 2.69 bits per heavy atom. The van der Waals surface area contributed by atoms with E-state index in [0.717, 1.165) is 5.56 Å². The molecular weight excluding hydrogens is 372 g/mol. The second-order valence-electron chi connectivity index (χ2n) is 7.04. The number of benzene rings is 2. The maximum absolute atomic E-state index is 13.2. The quantitative estimate of drug-likeness (QED) is 0.790. The first-order chi connectivity index (χ1) is 14.2. The van der Waals surface area contributed by atoms with Gasteiger partial charge >= 0.3 is 0 Å². The highest BCUT2D eigenvalue weighted by Gasteiger charge is 2.36. The van der Waals surface area contributed by atoms with E-state index in [0.29, 0.717) is 43.5 Å². The lowest BCUT2D eigenvalue weighted by molar-refractivity contribution is -0.142. The molecule has 2 amide bonds. The van der Waals surface area contributed by atoms with Crippen LogP contribution in [-0.2, 0) is 20.7 Å². The predicted octanol–water partition coefficient (Wildman–Crippen LogP) is 1.89. The lowest BCUT2D eigenvalue weighted by atomic mass is 10.1. The predicted molar refractivity (Wildman–Crippen MR) is 107 cm³/mol. The Kier molecular flexibility index (Phi) is 5.67. The Morgan fingerprint density at radius 1 is 1.10 bits per heavy atom. The summed E-state index contributed by atoms with van der Waals surface area (Å²) in [5.41, 5.74) is 1.54. The van der Waals surface area contributed by atoms with Crippen LogP contribution >= 0.6 is 0 Å². The maximum Gasteiger partial charge on any atom is 0.265 e. The van der Waals surface area contributed by atoms with Crippen LogP contribution in [0.1, 0.15) is 5.56 Å². The Balaban J connectivity index is 1.55. The van der Waals surface area contributed by atoms with Crippen molar-refractivity contribution < 1.29 is 23.8 Å². The second-order valence-corrected chi connectivity index (χ2v) is 7.04. The molecule has 0 aromatic heterocycles. The molecule has 0 N–H and O–H groups in total. The van der Waals surface area contributed by atoms with E-state index in [1.807, 2.05) is 42.5 Å². The number of methoxy groups -OCH3 is 1. The average Bonchev–Trinajstić information content (AvgIpc) is 2.78. The Labute approximate surface area is 169 Å². The van der Waals surface area contributed by atoms with Gasteiger partial charge in [0.05, 0.1) is 39.0 Å². The van der Waals surface area contributed by atoms with Gasteiger partial charge in [-0.2, -0.15) is 0 Å². The maximum atomic E-state index is 13.2. The minimum Gasteiger partial charge on any atom is -0.497 e. The molecule has 0 aliphatic carbocycles. The SMILES string of the molecule is COc1cccc(CC(=O)N2CC(C(=O)N3CCOCC3)Oc3ccccc32)c1. The molecule has 2 heterocycles. The normalized spacial score (nSPS) is 18.6. The summed E-state index contributed by atoms with van der Waals surface area (Å²) in [6, 6.07) is 14.8. The van der Waals surface area contributed by atoms with Crippen LogP contribution < -0.4 is 14.4 Å². The van der Waals surface area contributed by atoms with Crippen molar-refractivity contribution in [2.45, 2.75) is 12.5 Å². The van der Waals surface area contributed by atoms with Crippen molar-refractivity contribution in [1.82, 2.24) is 4.90 Å².